The van der Waals surface area contributed by atoms with Gasteiger partial charge in [0.1, 0.15) is 5.25 Å². The number of aliphatic imine (C=N–C) groups is 1. The van der Waals surface area contributed by atoms with Gasteiger partial charge in [0, 0.05) is 17.4 Å². The Kier molecular flexibility index (Phi) is 5.98. The maximum atomic E-state index is 12.8. The van der Waals surface area contributed by atoms with Crippen molar-refractivity contribution in [3.8, 4) is 0 Å². The van der Waals surface area contributed by atoms with Crippen molar-refractivity contribution in [1.29, 1.82) is 0 Å². The van der Waals surface area contributed by atoms with Crippen molar-refractivity contribution >= 4 is 77.0 Å². The van der Waals surface area contributed by atoms with Crippen molar-refractivity contribution in [2.24, 2.45) is 4.99 Å². The van der Waals surface area contributed by atoms with Crippen molar-refractivity contribution in [2.75, 3.05) is 11.9 Å². The van der Waals surface area contributed by atoms with Crippen molar-refractivity contribution < 1.29 is 9.59 Å². The highest BCUT2D eigenvalue weighted by Gasteiger charge is 2.38. The fourth-order valence-corrected chi connectivity index (χ4v) is 5.42. The van der Waals surface area contributed by atoms with Crippen LogP contribution in [0.4, 0.5) is 10.8 Å². The van der Waals surface area contributed by atoms with Crippen LogP contribution in [-0.2, 0) is 9.59 Å². The fraction of sp³-hybridized carbons (Fsp3) is 0.200. The Morgan fingerprint density at radius 2 is 2.00 bits per heavy atom. The molecule has 1 atom stereocenters. The van der Waals surface area contributed by atoms with E-state index in [1.54, 1.807) is 4.90 Å². The molecule has 1 aliphatic heterocycles. The molecule has 4 rings (SSSR count). The number of halogens is 1. The van der Waals surface area contributed by atoms with Gasteiger partial charge in [-0.1, -0.05) is 47.4 Å². The van der Waals surface area contributed by atoms with E-state index in [0.717, 1.165) is 14.7 Å². The minimum Gasteiger partial charge on any atom is -0.325 e. The lowest BCUT2D eigenvalue weighted by Crippen LogP contribution is -2.33. The SMILES string of the molecule is CCN1C(=O)C(CC(=O)Nc2ccccc2Br)SC1=Nc1nc2ccccc2s1. The van der Waals surface area contributed by atoms with Gasteiger partial charge in [-0.25, -0.2) is 4.98 Å². The lowest BCUT2D eigenvalue weighted by Gasteiger charge is -2.13. The number of hydrogen-bond donors (Lipinski definition) is 1. The molecule has 1 fully saturated rings. The molecule has 2 amide bonds. The summed E-state index contributed by atoms with van der Waals surface area (Å²) in [5.74, 6) is -0.306. The first kappa shape index (κ1) is 20.1. The quantitative estimate of drug-likeness (QED) is 0.545. The van der Waals surface area contributed by atoms with E-state index in [2.05, 4.69) is 31.2 Å². The summed E-state index contributed by atoms with van der Waals surface area (Å²) in [7, 11) is 0. The summed E-state index contributed by atoms with van der Waals surface area (Å²) in [4.78, 5) is 36.0. The van der Waals surface area contributed by atoms with Crippen molar-refractivity contribution in [3.63, 3.8) is 0 Å². The Morgan fingerprint density at radius 3 is 2.76 bits per heavy atom. The van der Waals surface area contributed by atoms with Crippen LogP contribution in [0.1, 0.15) is 13.3 Å². The average molecular weight is 489 g/mol. The first-order valence-corrected chi connectivity index (χ1v) is 11.5. The van der Waals surface area contributed by atoms with E-state index in [9.17, 15) is 9.59 Å². The maximum Gasteiger partial charge on any atom is 0.242 e. The van der Waals surface area contributed by atoms with Crippen LogP contribution < -0.4 is 5.32 Å². The minimum absolute atomic E-state index is 0.0835. The number of nitrogens with one attached hydrogen (secondary N) is 1. The van der Waals surface area contributed by atoms with Gasteiger partial charge in [-0.2, -0.15) is 4.99 Å². The van der Waals surface area contributed by atoms with Crippen molar-refractivity contribution in [3.05, 3.63) is 53.0 Å². The molecule has 2 heterocycles. The molecule has 29 heavy (non-hydrogen) atoms. The van der Waals surface area contributed by atoms with Crippen LogP contribution in [0.3, 0.4) is 0 Å². The zero-order valence-corrected chi connectivity index (χ0v) is 18.7. The lowest BCUT2D eigenvalue weighted by molar-refractivity contribution is -0.128. The van der Waals surface area contributed by atoms with E-state index >= 15 is 0 Å². The van der Waals surface area contributed by atoms with E-state index in [0.29, 0.717) is 22.5 Å². The summed E-state index contributed by atoms with van der Waals surface area (Å²) in [6.45, 7) is 2.40. The standard InChI is InChI=1S/C20H17BrN4O2S2/c1-2-25-18(27)16(11-17(26)22-13-8-4-3-7-12(13)21)29-20(25)24-19-23-14-9-5-6-10-15(14)28-19/h3-10,16H,2,11H2,1H3,(H,22,26). The van der Waals surface area contributed by atoms with Gasteiger partial charge in [0.15, 0.2) is 5.17 Å². The predicted molar refractivity (Wildman–Crippen MR) is 123 cm³/mol. The van der Waals surface area contributed by atoms with Crippen molar-refractivity contribution in [1.82, 2.24) is 9.88 Å². The summed E-state index contributed by atoms with van der Waals surface area (Å²) in [6, 6.07) is 15.2. The summed E-state index contributed by atoms with van der Waals surface area (Å²) in [6.07, 6.45) is 0.0835. The molecule has 1 aliphatic rings. The molecule has 0 radical (unpaired) electrons. The van der Waals surface area contributed by atoms with Gasteiger partial charge < -0.3 is 5.32 Å². The summed E-state index contributed by atoms with van der Waals surface area (Å²) < 4.78 is 1.85. The molecule has 1 aromatic heterocycles. The number of hydrogen-bond acceptors (Lipinski definition) is 6. The second-order valence-electron chi connectivity index (χ2n) is 6.28. The number of fused-ring (bicyclic) bond motifs is 1. The summed E-state index contributed by atoms with van der Waals surface area (Å²) in [5.41, 5.74) is 1.57. The number of thioether (sulfide) groups is 1. The topological polar surface area (TPSA) is 74.7 Å². The number of thiazole rings is 1. The third-order valence-corrected chi connectivity index (χ3v) is 7.13. The highest BCUT2D eigenvalue weighted by molar-refractivity contribution is 9.10. The fourth-order valence-electron chi connectivity index (χ4n) is 2.94. The van der Waals surface area contributed by atoms with E-state index in [-0.39, 0.29) is 18.2 Å². The van der Waals surface area contributed by atoms with Gasteiger partial charge in [-0.05, 0) is 47.1 Å². The molecule has 1 saturated heterocycles. The molecule has 1 N–H and O–H groups in total. The number of aromatic nitrogens is 1. The lowest BCUT2D eigenvalue weighted by atomic mass is 10.2. The highest BCUT2D eigenvalue weighted by Crippen LogP contribution is 2.34. The molecule has 0 aliphatic carbocycles. The number of amidine groups is 1. The van der Waals surface area contributed by atoms with E-state index in [1.165, 1.54) is 23.1 Å². The highest BCUT2D eigenvalue weighted by atomic mass is 79.9. The van der Waals surface area contributed by atoms with E-state index in [1.807, 2.05) is 55.5 Å². The average Bonchev–Trinajstić information content (AvgIpc) is 3.24. The van der Waals surface area contributed by atoms with Crippen LogP contribution in [-0.4, -0.2) is 38.7 Å². The second-order valence-corrected chi connectivity index (χ2v) is 9.31. The Labute approximate surface area is 184 Å². The molecule has 0 spiro atoms. The molecular formula is C20H17BrN4O2S2. The van der Waals surface area contributed by atoms with Gasteiger partial charge in [0.25, 0.3) is 0 Å². The molecule has 3 aromatic rings. The van der Waals surface area contributed by atoms with E-state index < -0.39 is 5.25 Å². The van der Waals surface area contributed by atoms with Gasteiger partial charge in [0.2, 0.25) is 16.9 Å². The smallest absolute Gasteiger partial charge is 0.242 e. The van der Waals surface area contributed by atoms with Gasteiger partial charge in [-0.3, -0.25) is 14.5 Å². The normalized spacial score (nSPS) is 18.0. The number of anilines is 1. The first-order valence-electron chi connectivity index (χ1n) is 9.02. The largest absolute Gasteiger partial charge is 0.325 e. The maximum absolute atomic E-state index is 12.8. The number of amides is 2. The Bertz CT molecular complexity index is 1080. The Morgan fingerprint density at radius 1 is 1.24 bits per heavy atom. The van der Waals surface area contributed by atoms with Crippen LogP contribution >= 0.6 is 39.0 Å². The molecule has 9 heteroatoms. The molecular weight excluding hydrogens is 472 g/mol. The van der Waals surface area contributed by atoms with Crippen LogP contribution in [0, 0.1) is 0 Å². The van der Waals surface area contributed by atoms with Crippen molar-refractivity contribution in [2.45, 2.75) is 18.6 Å². The molecule has 1 unspecified atom stereocenters. The van der Waals surface area contributed by atoms with Crippen LogP contribution in [0.15, 0.2) is 58.0 Å². The third kappa shape index (κ3) is 4.36. The van der Waals surface area contributed by atoms with Gasteiger partial charge in [-0.15, -0.1) is 0 Å². The third-order valence-electron chi connectivity index (χ3n) is 4.33. The number of para-hydroxylation sites is 2. The molecule has 2 aromatic carbocycles. The number of nitrogens with zero attached hydrogens (tertiary/aromatic N) is 3. The Hall–Kier alpha value is -2.23. The first-order chi connectivity index (χ1) is 14.0. The monoisotopic (exact) mass is 488 g/mol. The zero-order chi connectivity index (χ0) is 20.4. The van der Waals surface area contributed by atoms with Crippen LogP contribution in [0.2, 0.25) is 0 Å². The van der Waals surface area contributed by atoms with Gasteiger partial charge in [0.05, 0.1) is 15.9 Å². The summed E-state index contributed by atoms with van der Waals surface area (Å²) >= 11 is 6.21. The van der Waals surface area contributed by atoms with Crippen LogP contribution in [0.5, 0.6) is 0 Å². The number of carbonyl (C=O) groups is 2. The van der Waals surface area contributed by atoms with Gasteiger partial charge >= 0.3 is 0 Å². The zero-order valence-electron chi connectivity index (χ0n) is 15.5. The predicted octanol–water partition coefficient (Wildman–Crippen LogP) is 5.04. The molecule has 0 bridgehead atoms. The number of carbonyl (C=O) groups excluding carboxylic acids is 2. The number of rotatable bonds is 5. The molecule has 6 nitrogen and oxygen atoms in total. The Balaban J connectivity index is 1.50. The van der Waals surface area contributed by atoms with Crippen LogP contribution in [0.25, 0.3) is 10.2 Å². The molecule has 148 valence electrons. The minimum atomic E-state index is -0.495. The molecule has 0 saturated carbocycles. The van der Waals surface area contributed by atoms with E-state index in [4.69, 9.17) is 0 Å². The number of benzene rings is 2. The summed E-state index contributed by atoms with van der Waals surface area (Å²) in [5, 5.41) is 3.56. The second kappa shape index (κ2) is 8.64.